The van der Waals surface area contributed by atoms with Crippen molar-refractivity contribution in [3.8, 4) is 0 Å². The lowest BCUT2D eigenvalue weighted by Gasteiger charge is -2.31. The summed E-state index contributed by atoms with van der Waals surface area (Å²) in [4.78, 5) is 23.7. The molecule has 1 atom stereocenters. The normalized spacial score (nSPS) is 22.5. The van der Waals surface area contributed by atoms with E-state index in [4.69, 9.17) is 5.11 Å². The van der Waals surface area contributed by atoms with E-state index in [9.17, 15) is 9.59 Å². The predicted molar refractivity (Wildman–Crippen MR) is 75.1 cm³/mol. The zero-order valence-corrected chi connectivity index (χ0v) is 11.5. The summed E-state index contributed by atoms with van der Waals surface area (Å²) in [5.41, 5.74) is 0.536. The Bertz CT molecular complexity index is 469. The van der Waals surface area contributed by atoms with E-state index >= 15 is 0 Å². The summed E-state index contributed by atoms with van der Waals surface area (Å²) in [6.07, 6.45) is 1.27. The molecular formula is C15H20N2O3. The Hall–Kier alpha value is -1.88. The molecule has 0 saturated heterocycles. The second kappa shape index (κ2) is 6.52. The minimum absolute atomic E-state index is 0.198. The maximum absolute atomic E-state index is 11.9. The number of nitrogens with one attached hydrogen (secondary N) is 2. The minimum atomic E-state index is -0.576. The molecule has 0 aromatic heterocycles. The first-order chi connectivity index (χ1) is 9.56. The molecule has 1 aromatic carbocycles. The van der Waals surface area contributed by atoms with Crippen LogP contribution >= 0.6 is 0 Å². The van der Waals surface area contributed by atoms with Gasteiger partial charge in [0.25, 0.3) is 5.91 Å². The number of carbonyl (C=O) groups excluding carboxylic acids is 2. The molecule has 0 bridgehead atoms. The first-order valence-electron chi connectivity index (χ1n) is 6.88. The number of amides is 2. The van der Waals surface area contributed by atoms with E-state index in [1.54, 1.807) is 31.2 Å². The van der Waals surface area contributed by atoms with Crippen LogP contribution in [0.5, 0.6) is 0 Å². The molecule has 1 saturated carbocycles. The van der Waals surface area contributed by atoms with Crippen molar-refractivity contribution in [1.82, 2.24) is 10.6 Å². The number of hydrogen-bond donors (Lipinski definition) is 3. The molecular weight excluding hydrogens is 256 g/mol. The van der Waals surface area contributed by atoms with Gasteiger partial charge in [0.15, 0.2) is 0 Å². The molecule has 5 nitrogen and oxygen atoms in total. The van der Waals surface area contributed by atoms with Crippen molar-refractivity contribution in [2.24, 2.45) is 5.92 Å². The average Bonchev–Trinajstić information content (AvgIpc) is 2.42. The van der Waals surface area contributed by atoms with Crippen LogP contribution in [0, 0.1) is 5.92 Å². The molecule has 0 spiro atoms. The maximum Gasteiger partial charge on any atom is 0.251 e. The molecule has 1 fully saturated rings. The van der Waals surface area contributed by atoms with Crippen LogP contribution in [-0.2, 0) is 4.79 Å². The smallest absolute Gasteiger partial charge is 0.251 e. The molecule has 0 aliphatic heterocycles. The van der Waals surface area contributed by atoms with E-state index in [-0.39, 0.29) is 17.9 Å². The Kier molecular flexibility index (Phi) is 4.74. The largest absolute Gasteiger partial charge is 0.393 e. The van der Waals surface area contributed by atoms with E-state index in [1.807, 2.05) is 6.07 Å². The van der Waals surface area contributed by atoms with Crippen LogP contribution in [0.4, 0.5) is 0 Å². The Morgan fingerprint density at radius 1 is 1.30 bits per heavy atom. The highest BCUT2D eigenvalue weighted by Gasteiger charge is 2.27. The van der Waals surface area contributed by atoms with Gasteiger partial charge in [-0.05, 0) is 37.8 Å². The molecule has 1 unspecified atom stereocenters. The lowest BCUT2D eigenvalue weighted by molar-refractivity contribution is -0.123. The summed E-state index contributed by atoms with van der Waals surface area (Å²) in [5, 5.41) is 14.6. The van der Waals surface area contributed by atoms with Crippen LogP contribution in [0.3, 0.4) is 0 Å². The fraction of sp³-hybridized carbons (Fsp3) is 0.467. The molecule has 5 heteroatoms. The Balaban J connectivity index is 1.74. The monoisotopic (exact) mass is 276 g/mol. The van der Waals surface area contributed by atoms with Gasteiger partial charge in [0, 0.05) is 12.1 Å². The van der Waals surface area contributed by atoms with Crippen molar-refractivity contribution in [3.05, 3.63) is 35.9 Å². The van der Waals surface area contributed by atoms with Crippen molar-refractivity contribution >= 4 is 11.8 Å². The van der Waals surface area contributed by atoms with Gasteiger partial charge in [0.1, 0.15) is 6.04 Å². The fourth-order valence-corrected chi connectivity index (χ4v) is 2.20. The van der Waals surface area contributed by atoms with Crippen molar-refractivity contribution in [3.63, 3.8) is 0 Å². The van der Waals surface area contributed by atoms with E-state index in [0.717, 1.165) is 12.8 Å². The van der Waals surface area contributed by atoms with Gasteiger partial charge in [-0.15, -0.1) is 0 Å². The number of benzene rings is 1. The van der Waals surface area contributed by atoms with Crippen LogP contribution < -0.4 is 10.6 Å². The molecule has 0 heterocycles. The topological polar surface area (TPSA) is 78.4 Å². The van der Waals surface area contributed by atoms with Crippen LogP contribution in [0.2, 0.25) is 0 Å². The summed E-state index contributed by atoms with van der Waals surface area (Å²) in [6, 6.07) is 8.22. The van der Waals surface area contributed by atoms with Crippen molar-refractivity contribution in [1.29, 1.82) is 0 Å². The van der Waals surface area contributed by atoms with Crippen molar-refractivity contribution in [2.45, 2.75) is 31.9 Å². The summed E-state index contributed by atoms with van der Waals surface area (Å²) >= 11 is 0. The van der Waals surface area contributed by atoms with Crippen LogP contribution in [-0.4, -0.2) is 35.6 Å². The minimum Gasteiger partial charge on any atom is -0.393 e. The van der Waals surface area contributed by atoms with Crippen LogP contribution in [0.15, 0.2) is 30.3 Å². The zero-order valence-electron chi connectivity index (χ0n) is 11.5. The van der Waals surface area contributed by atoms with Crippen molar-refractivity contribution in [2.75, 3.05) is 6.54 Å². The van der Waals surface area contributed by atoms with Crippen LogP contribution in [0.1, 0.15) is 30.1 Å². The third kappa shape index (κ3) is 3.81. The second-order valence-electron chi connectivity index (χ2n) is 5.30. The summed E-state index contributed by atoms with van der Waals surface area (Å²) in [6.45, 7) is 2.22. The Morgan fingerprint density at radius 3 is 2.55 bits per heavy atom. The van der Waals surface area contributed by atoms with Gasteiger partial charge in [-0.25, -0.2) is 0 Å². The van der Waals surface area contributed by atoms with Gasteiger partial charge >= 0.3 is 0 Å². The highest BCUT2D eigenvalue weighted by Crippen LogP contribution is 2.25. The summed E-state index contributed by atoms with van der Waals surface area (Å²) in [5.74, 6) is -0.103. The quantitative estimate of drug-likeness (QED) is 0.740. The standard InChI is InChI=1S/C15H20N2O3/c1-10(14(19)16-9-11-7-13(18)8-11)17-15(20)12-5-3-2-4-6-12/h2-6,10-11,13,18H,7-9H2,1H3,(H,16,19)(H,17,20). The van der Waals surface area contributed by atoms with Crippen LogP contribution in [0.25, 0.3) is 0 Å². The molecule has 1 aliphatic carbocycles. The number of aliphatic hydroxyl groups is 1. The summed E-state index contributed by atoms with van der Waals surface area (Å²) in [7, 11) is 0. The van der Waals surface area contributed by atoms with E-state index in [1.165, 1.54) is 0 Å². The SMILES string of the molecule is CC(NC(=O)c1ccccc1)C(=O)NCC1CC(O)C1. The Morgan fingerprint density at radius 2 is 1.95 bits per heavy atom. The third-order valence-electron chi connectivity index (χ3n) is 3.55. The molecule has 20 heavy (non-hydrogen) atoms. The van der Waals surface area contributed by atoms with Gasteiger partial charge in [-0.2, -0.15) is 0 Å². The van der Waals surface area contributed by atoms with E-state index in [0.29, 0.717) is 18.0 Å². The molecule has 1 aromatic rings. The molecule has 0 radical (unpaired) electrons. The van der Waals surface area contributed by atoms with Gasteiger partial charge in [-0.3, -0.25) is 9.59 Å². The number of rotatable bonds is 5. The highest BCUT2D eigenvalue weighted by molar-refractivity contribution is 5.97. The zero-order chi connectivity index (χ0) is 14.5. The Labute approximate surface area is 118 Å². The van der Waals surface area contributed by atoms with E-state index < -0.39 is 6.04 Å². The molecule has 2 amide bonds. The van der Waals surface area contributed by atoms with Gasteiger partial charge < -0.3 is 15.7 Å². The average molecular weight is 276 g/mol. The maximum atomic E-state index is 11.9. The second-order valence-corrected chi connectivity index (χ2v) is 5.30. The van der Waals surface area contributed by atoms with E-state index in [2.05, 4.69) is 10.6 Å². The first-order valence-corrected chi connectivity index (χ1v) is 6.88. The number of aliphatic hydroxyl groups excluding tert-OH is 1. The molecule has 2 rings (SSSR count). The predicted octanol–water partition coefficient (Wildman–Crippen LogP) is 0.692. The lowest BCUT2D eigenvalue weighted by Crippen LogP contribution is -2.47. The first kappa shape index (κ1) is 14.5. The lowest BCUT2D eigenvalue weighted by atomic mass is 9.82. The van der Waals surface area contributed by atoms with Gasteiger partial charge in [-0.1, -0.05) is 18.2 Å². The number of hydrogen-bond acceptors (Lipinski definition) is 3. The third-order valence-corrected chi connectivity index (χ3v) is 3.55. The molecule has 1 aliphatic rings. The van der Waals surface area contributed by atoms with Gasteiger partial charge in [0.05, 0.1) is 6.10 Å². The number of carbonyl (C=O) groups is 2. The van der Waals surface area contributed by atoms with Gasteiger partial charge in [0.2, 0.25) is 5.91 Å². The molecule has 108 valence electrons. The highest BCUT2D eigenvalue weighted by atomic mass is 16.3. The fourth-order valence-electron chi connectivity index (χ4n) is 2.20. The summed E-state index contributed by atoms with van der Waals surface area (Å²) < 4.78 is 0. The van der Waals surface area contributed by atoms with Crippen molar-refractivity contribution < 1.29 is 14.7 Å². The molecule has 3 N–H and O–H groups in total.